The molecule has 1 amide bonds. The van der Waals surface area contributed by atoms with Gasteiger partial charge >= 0.3 is 0 Å². The van der Waals surface area contributed by atoms with E-state index in [2.05, 4.69) is 16.8 Å². The first kappa shape index (κ1) is 15.5. The second kappa shape index (κ2) is 7.77. The van der Waals surface area contributed by atoms with Gasteiger partial charge in [-0.15, -0.1) is 0 Å². The number of pyridine rings is 1. The maximum atomic E-state index is 12.5. The third-order valence-corrected chi connectivity index (χ3v) is 3.41. The summed E-state index contributed by atoms with van der Waals surface area (Å²) in [5.41, 5.74) is 0.852. The number of ether oxygens (including phenoxy) is 1. The molecule has 1 aromatic rings. The van der Waals surface area contributed by atoms with E-state index in [1.807, 2.05) is 0 Å². The summed E-state index contributed by atoms with van der Waals surface area (Å²) in [6.07, 6.45) is 4.89. The SMILES string of the molecule is CN(CC1CCCCO1)C(=O)c1ncccc1C#CCO. The Morgan fingerprint density at radius 2 is 2.43 bits per heavy atom. The van der Waals surface area contributed by atoms with Gasteiger partial charge in [-0.1, -0.05) is 11.8 Å². The number of carbonyl (C=O) groups excluding carboxylic acids is 1. The Bertz CT molecular complexity index is 542. The number of rotatable bonds is 3. The Labute approximate surface area is 124 Å². The Hall–Kier alpha value is -1.90. The molecule has 21 heavy (non-hydrogen) atoms. The third kappa shape index (κ3) is 4.28. The van der Waals surface area contributed by atoms with E-state index in [0.29, 0.717) is 17.8 Å². The Kier molecular flexibility index (Phi) is 5.73. The molecular formula is C16H20N2O3. The van der Waals surface area contributed by atoms with Crippen LogP contribution in [-0.2, 0) is 4.74 Å². The molecule has 1 aliphatic rings. The summed E-state index contributed by atoms with van der Waals surface area (Å²) in [7, 11) is 1.75. The van der Waals surface area contributed by atoms with E-state index < -0.39 is 0 Å². The fourth-order valence-corrected chi connectivity index (χ4v) is 2.33. The molecule has 5 heteroatoms. The first-order valence-corrected chi connectivity index (χ1v) is 7.14. The van der Waals surface area contributed by atoms with Crippen molar-refractivity contribution in [3.8, 4) is 11.8 Å². The van der Waals surface area contributed by atoms with Gasteiger partial charge in [0.1, 0.15) is 12.3 Å². The highest BCUT2D eigenvalue weighted by molar-refractivity contribution is 5.94. The lowest BCUT2D eigenvalue weighted by Crippen LogP contribution is -2.37. The van der Waals surface area contributed by atoms with Crippen molar-refractivity contribution in [2.45, 2.75) is 25.4 Å². The van der Waals surface area contributed by atoms with Gasteiger partial charge in [0.2, 0.25) is 0 Å². The van der Waals surface area contributed by atoms with Crippen molar-refractivity contribution in [2.24, 2.45) is 0 Å². The summed E-state index contributed by atoms with van der Waals surface area (Å²) in [5.74, 6) is 5.14. The van der Waals surface area contributed by atoms with Crippen LogP contribution in [0.3, 0.4) is 0 Å². The Morgan fingerprint density at radius 1 is 1.57 bits per heavy atom. The zero-order valence-electron chi connectivity index (χ0n) is 12.2. The molecule has 0 saturated carbocycles. The van der Waals surface area contributed by atoms with E-state index in [4.69, 9.17) is 9.84 Å². The van der Waals surface area contributed by atoms with Crippen molar-refractivity contribution in [3.05, 3.63) is 29.6 Å². The summed E-state index contributed by atoms with van der Waals surface area (Å²) >= 11 is 0. The van der Waals surface area contributed by atoms with Crippen LogP contribution in [0.4, 0.5) is 0 Å². The maximum absolute atomic E-state index is 12.5. The lowest BCUT2D eigenvalue weighted by molar-refractivity contribution is -0.000296. The molecule has 0 radical (unpaired) electrons. The third-order valence-electron chi connectivity index (χ3n) is 3.41. The van der Waals surface area contributed by atoms with Crippen molar-refractivity contribution in [1.29, 1.82) is 0 Å². The highest BCUT2D eigenvalue weighted by Crippen LogP contribution is 2.15. The molecule has 5 nitrogen and oxygen atoms in total. The van der Waals surface area contributed by atoms with Crippen LogP contribution in [0.25, 0.3) is 0 Å². The van der Waals surface area contributed by atoms with Crippen LogP contribution in [0.5, 0.6) is 0 Å². The Balaban J connectivity index is 2.08. The molecule has 1 aliphatic heterocycles. The lowest BCUT2D eigenvalue weighted by Gasteiger charge is -2.27. The molecule has 1 aromatic heterocycles. The number of aromatic nitrogens is 1. The number of aliphatic hydroxyl groups excluding tert-OH is 1. The van der Waals surface area contributed by atoms with Crippen LogP contribution in [0.1, 0.15) is 35.3 Å². The second-order valence-electron chi connectivity index (χ2n) is 5.03. The second-order valence-corrected chi connectivity index (χ2v) is 5.03. The number of aliphatic hydroxyl groups is 1. The number of hydrogen-bond acceptors (Lipinski definition) is 4. The number of amides is 1. The minimum Gasteiger partial charge on any atom is -0.384 e. The van der Waals surface area contributed by atoms with Crippen molar-refractivity contribution in [2.75, 3.05) is 26.8 Å². The summed E-state index contributed by atoms with van der Waals surface area (Å²) < 4.78 is 5.65. The largest absolute Gasteiger partial charge is 0.384 e. The molecule has 0 bridgehead atoms. The summed E-state index contributed by atoms with van der Waals surface area (Å²) in [6, 6.07) is 3.45. The lowest BCUT2D eigenvalue weighted by atomic mass is 10.1. The molecule has 2 heterocycles. The molecular weight excluding hydrogens is 268 g/mol. The van der Waals surface area contributed by atoms with Gasteiger partial charge in [0, 0.05) is 26.4 Å². The number of carbonyl (C=O) groups is 1. The molecule has 0 spiro atoms. The smallest absolute Gasteiger partial charge is 0.273 e. The monoisotopic (exact) mass is 288 g/mol. The minimum atomic E-state index is -0.242. The van der Waals surface area contributed by atoms with Gasteiger partial charge in [-0.25, -0.2) is 4.98 Å². The molecule has 1 saturated heterocycles. The highest BCUT2D eigenvalue weighted by Gasteiger charge is 2.21. The average molecular weight is 288 g/mol. The first-order chi connectivity index (χ1) is 10.2. The van der Waals surface area contributed by atoms with Gasteiger partial charge in [-0.2, -0.15) is 0 Å². The van der Waals surface area contributed by atoms with Crippen molar-refractivity contribution < 1.29 is 14.6 Å². The molecule has 1 fully saturated rings. The predicted octanol–water partition coefficient (Wildman–Crippen LogP) is 1.07. The topological polar surface area (TPSA) is 62.7 Å². The quantitative estimate of drug-likeness (QED) is 0.845. The number of nitrogens with zero attached hydrogens (tertiary/aromatic N) is 2. The minimum absolute atomic E-state index is 0.100. The van der Waals surface area contributed by atoms with Gasteiger partial charge in [0.15, 0.2) is 0 Å². The van der Waals surface area contributed by atoms with Gasteiger partial charge < -0.3 is 14.7 Å². The van der Waals surface area contributed by atoms with Crippen molar-refractivity contribution in [1.82, 2.24) is 9.88 Å². The summed E-state index contributed by atoms with van der Waals surface area (Å²) in [5, 5.41) is 8.78. The average Bonchev–Trinajstić information content (AvgIpc) is 2.53. The molecule has 0 aromatic carbocycles. The molecule has 1 unspecified atom stereocenters. The van der Waals surface area contributed by atoms with E-state index in [9.17, 15) is 4.79 Å². The van der Waals surface area contributed by atoms with E-state index >= 15 is 0 Å². The normalized spacial score (nSPS) is 17.7. The molecule has 2 rings (SSSR count). The van der Waals surface area contributed by atoms with E-state index in [1.165, 1.54) is 0 Å². The van der Waals surface area contributed by atoms with Crippen LogP contribution in [0.2, 0.25) is 0 Å². The van der Waals surface area contributed by atoms with Crippen LogP contribution < -0.4 is 0 Å². The molecule has 1 atom stereocenters. The zero-order valence-corrected chi connectivity index (χ0v) is 12.2. The number of likely N-dealkylation sites (N-methyl/N-ethyl adjacent to an activating group) is 1. The van der Waals surface area contributed by atoms with Crippen molar-refractivity contribution >= 4 is 5.91 Å². The first-order valence-electron chi connectivity index (χ1n) is 7.14. The summed E-state index contributed by atoms with van der Waals surface area (Å²) in [6.45, 7) is 1.08. The van der Waals surface area contributed by atoms with Gasteiger partial charge in [0.05, 0.1) is 11.7 Å². The van der Waals surface area contributed by atoms with Crippen LogP contribution in [0.15, 0.2) is 18.3 Å². The van der Waals surface area contributed by atoms with E-state index in [1.54, 1.807) is 30.3 Å². The van der Waals surface area contributed by atoms with Crippen LogP contribution >= 0.6 is 0 Å². The van der Waals surface area contributed by atoms with Gasteiger partial charge in [0.25, 0.3) is 5.91 Å². The number of hydrogen-bond donors (Lipinski definition) is 1. The Morgan fingerprint density at radius 3 is 3.14 bits per heavy atom. The predicted molar refractivity (Wildman–Crippen MR) is 78.8 cm³/mol. The highest BCUT2D eigenvalue weighted by atomic mass is 16.5. The van der Waals surface area contributed by atoms with Crippen molar-refractivity contribution in [3.63, 3.8) is 0 Å². The standard InChI is InChI=1S/C16H20N2O3/c1-18(12-14-8-2-3-11-21-14)16(20)15-13(7-5-10-19)6-4-9-17-15/h4,6,9,14,19H,2-3,8,10-12H2,1H3. The zero-order chi connectivity index (χ0) is 15.1. The maximum Gasteiger partial charge on any atom is 0.273 e. The molecule has 112 valence electrons. The fourth-order valence-electron chi connectivity index (χ4n) is 2.33. The molecule has 1 N–H and O–H groups in total. The van der Waals surface area contributed by atoms with Gasteiger partial charge in [-0.3, -0.25) is 4.79 Å². The van der Waals surface area contributed by atoms with Gasteiger partial charge in [-0.05, 0) is 31.4 Å². The van der Waals surface area contributed by atoms with E-state index in [0.717, 1.165) is 25.9 Å². The van der Waals surface area contributed by atoms with Crippen LogP contribution in [0, 0.1) is 11.8 Å². The van der Waals surface area contributed by atoms with E-state index in [-0.39, 0.29) is 18.6 Å². The fraction of sp³-hybridized carbons (Fsp3) is 0.500. The molecule has 0 aliphatic carbocycles. The summed E-state index contributed by atoms with van der Waals surface area (Å²) in [4.78, 5) is 18.2. The van der Waals surface area contributed by atoms with Crippen LogP contribution in [-0.4, -0.2) is 53.8 Å².